The van der Waals surface area contributed by atoms with Crippen molar-refractivity contribution < 1.29 is 18.0 Å². The molecule has 0 fully saturated rings. The van der Waals surface area contributed by atoms with Crippen LogP contribution in [0, 0.1) is 0 Å². The molecule has 28 heavy (non-hydrogen) atoms. The molecular formula is C16H12ClF3N6OS. The predicted molar refractivity (Wildman–Crippen MR) is 97.8 cm³/mol. The first kappa shape index (κ1) is 20.1. The van der Waals surface area contributed by atoms with Gasteiger partial charge in [-0.15, -0.1) is 10.2 Å². The number of carbonyl (C=O) groups excluding carboxylic acids is 1. The number of hydrogen-bond donors (Lipinski definition) is 1. The number of amides is 1. The second-order valence-corrected chi connectivity index (χ2v) is 6.83. The average molecular weight is 429 g/mol. The van der Waals surface area contributed by atoms with Crippen LogP contribution >= 0.6 is 23.4 Å². The number of hydrogen-bond acceptors (Lipinski definition) is 6. The molecule has 3 aromatic rings. The van der Waals surface area contributed by atoms with Crippen molar-refractivity contribution in [3.05, 3.63) is 47.4 Å². The van der Waals surface area contributed by atoms with Crippen molar-refractivity contribution in [3.8, 4) is 11.5 Å². The number of alkyl halides is 3. The first-order valence-electron chi connectivity index (χ1n) is 7.71. The fourth-order valence-electron chi connectivity index (χ4n) is 2.19. The van der Waals surface area contributed by atoms with Gasteiger partial charge in [0.05, 0.1) is 28.2 Å². The maximum Gasteiger partial charge on any atom is 0.416 e. The molecule has 0 bridgehead atoms. The minimum atomic E-state index is -4.53. The van der Waals surface area contributed by atoms with Gasteiger partial charge < -0.3 is 9.88 Å². The summed E-state index contributed by atoms with van der Waals surface area (Å²) in [6.07, 6.45) is 0.0385. The highest BCUT2D eigenvalue weighted by atomic mass is 35.5. The monoisotopic (exact) mass is 428 g/mol. The van der Waals surface area contributed by atoms with Gasteiger partial charge in [-0.2, -0.15) is 13.2 Å². The van der Waals surface area contributed by atoms with E-state index >= 15 is 0 Å². The summed E-state index contributed by atoms with van der Waals surface area (Å²) in [5.74, 6) is -0.161. The van der Waals surface area contributed by atoms with Crippen molar-refractivity contribution in [3.63, 3.8) is 0 Å². The molecule has 146 valence electrons. The number of thioether (sulfide) groups is 1. The summed E-state index contributed by atoms with van der Waals surface area (Å²) in [4.78, 5) is 20.2. The largest absolute Gasteiger partial charge is 0.416 e. The lowest BCUT2D eigenvalue weighted by molar-refractivity contribution is -0.137. The number of benzene rings is 1. The second kappa shape index (κ2) is 8.15. The van der Waals surface area contributed by atoms with E-state index in [9.17, 15) is 18.0 Å². The smallest absolute Gasteiger partial charge is 0.324 e. The van der Waals surface area contributed by atoms with Gasteiger partial charge in [0.1, 0.15) is 5.69 Å². The molecule has 0 aliphatic carbocycles. The van der Waals surface area contributed by atoms with Gasteiger partial charge in [0.15, 0.2) is 11.0 Å². The zero-order valence-electron chi connectivity index (χ0n) is 14.2. The molecule has 0 spiro atoms. The van der Waals surface area contributed by atoms with Crippen LogP contribution in [0.2, 0.25) is 5.02 Å². The highest BCUT2D eigenvalue weighted by Gasteiger charge is 2.31. The maximum absolute atomic E-state index is 12.8. The zero-order valence-corrected chi connectivity index (χ0v) is 15.8. The Bertz CT molecular complexity index is 996. The second-order valence-electron chi connectivity index (χ2n) is 5.49. The molecule has 1 aromatic carbocycles. The molecule has 1 N–H and O–H groups in total. The number of anilines is 1. The molecule has 3 rings (SSSR count). The summed E-state index contributed by atoms with van der Waals surface area (Å²) in [7, 11) is 1.70. The van der Waals surface area contributed by atoms with Gasteiger partial charge in [-0.1, -0.05) is 23.4 Å². The molecule has 0 saturated carbocycles. The Hall–Kier alpha value is -2.66. The Morgan fingerprint density at radius 1 is 1.29 bits per heavy atom. The normalized spacial score (nSPS) is 11.5. The van der Waals surface area contributed by atoms with Crippen molar-refractivity contribution in [1.29, 1.82) is 0 Å². The SMILES string of the molecule is Cn1c(SCC(=O)Nc2cc(C(F)(F)F)ccc2Cl)nnc1-c1cnccn1. The van der Waals surface area contributed by atoms with Crippen LogP contribution in [0.15, 0.2) is 41.9 Å². The lowest BCUT2D eigenvalue weighted by Crippen LogP contribution is -2.16. The van der Waals surface area contributed by atoms with Crippen LogP contribution in [-0.4, -0.2) is 36.4 Å². The third-order valence-electron chi connectivity index (χ3n) is 3.53. The quantitative estimate of drug-likeness (QED) is 0.624. The minimum absolute atomic E-state index is 0.00921. The van der Waals surface area contributed by atoms with Gasteiger partial charge >= 0.3 is 6.18 Å². The van der Waals surface area contributed by atoms with Crippen LogP contribution in [0.5, 0.6) is 0 Å². The van der Waals surface area contributed by atoms with Crippen LogP contribution < -0.4 is 5.32 Å². The zero-order chi connectivity index (χ0) is 20.3. The lowest BCUT2D eigenvalue weighted by atomic mass is 10.2. The molecule has 1 amide bonds. The predicted octanol–water partition coefficient (Wildman–Crippen LogP) is 3.68. The Morgan fingerprint density at radius 2 is 2.07 bits per heavy atom. The van der Waals surface area contributed by atoms with E-state index < -0.39 is 17.6 Å². The molecule has 7 nitrogen and oxygen atoms in total. The molecule has 2 aromatic heterocycles. The van der Waals surface area contributed by atoms with Crippen LogP contribution in [0.4, 0.5) is 18.9 Å². The van der Waals surface area contributed by atoms with E-state index in [0.717, 1.165) is 30.0 Å². The van der Waals surface area contributed by atoms with Gasteiger partial charge in [-0.05, 0) is 18.2 Å². The van der Waals surface area contributed by atoms with Crippen molar-refractivity contribution >= 4 is 35.0 Å². The summed E-state index contributed by atoms with van der Waals surface area (Å²) in [6.45, 7) is 0. The van der Waals surface area contributed by atoms with Crippen LogP contribution in [0.1, 0.15) is 5.56 Å². The molecule has 0 aliphatic rings. The fourth-order valence-corrected chi connectivity index (χ4v) is 3.07. The Kier molecular flexibility index (Phi) is 5.84. The standard InChI is InChI=1S/C16H12ClF3N6OS/c1-26-14(12-7-21-4-5-22-12)24-25-15(26)28-8-13(27)23-11-6-9(16(18,19)20)2-3-10(11)17/h2-7H,8H2,1H3,(H,23,27). The number of carbonyl (C=O) groups is 1. The van der Waals surface area contributed by atoms with Gasteiger partial charge in [0, 0.05) is 19.4 Å². The van der Waals surface area contributed by atoms with E-state index in [1.165, 1.54) is 18.6 Å². The number of aromatic nitrogens is 5. The Balaban J connectivity index is 1.67. The van der Waals surface area contributed by atoms with E-state index in [1.807, 2.05) is 0 Å². The van der Waals surface area contributed by atoms with E-state index in [4.69, 9.17) is 11.6 Å². The summed E-state index contributed by atoms with van der Waals surface area (Å²) in [5, 5.41) is 10.8. The molecule has 0 aliphatic heterocycles. The molecule has 0 unspecified atom stereocenters. The van der Waals surface area contributed by atoms with E-state index in [0.29, 0.717) is 16.7 Å². The lowest BCUT2D eigenvalue weighted by Gasteiger charge is -2.11. The van der Waals surface area contributed by atoms with E-state index in [-0.39, 0.29) is 16.5 Å². The summed E-state index contributed by atoms with van der Waals surface area (Å²) in [5.41, 5.74) is -0.494. The highest BCUT2D eigenvalue weighted by molar-refractivity contribution is 7.99. The number of rotatable bonds is 5. The molecular weight excluding hydrogens is 417 g/mol. The van der Waals surface area contributed by atoms with Crippen molar-refractivity contribution in [2.75, 3.05) is 11.1 Å². The molecule has 0 radical (unpaired) electrons. The van der Waals surface area contributed by atoms with Gasteiger partial charge in [-0.3, -0.25) is 9.78 Å². The Morgan fingerprint density at radius 3 is 2.75 bits per heavy atom. The summed E-state index contributed by atoms with van der Waals surface area (Å²) < 4.78 is 40.1. The topological polar surface area (TPSA) is 85.6 Å². The Labute approximate surface area is 166 Å². The third kappa shape index (κ3) is 4.60. The van der Waals surface area contributed by atoms with Gasteiger partial charge in [0.25, 0.3) is 0 Å². The van der Waals surface area contributed by atoms with Crippen molar-refractivity contribution in [1.82, 2.24) is 24.7 Å². The van der Waals surface area contributed by atoms with Crippen LogP contribution in [0.25, 0.3) is 11.5 Å². The van der Waals surface area contributed by atoms with Crippen LogP contribution in [0.3, 0.4) is 0 Å². The summed E-state index contributed by atoms with van der Waals surface area (Å²) >= 11 is 6.95. The van der Waals surface area contributed by atoms with Crippen LogP contribution in [-0.2, 0) is 18.0 Å². The molecule has 0 atom stereocenters. The maximum atomic E-state index is 12.8. The van der Waals surface area contributed by atoms with Crippen molar-refractivity contribution in [2.24, 2.45) is 7.05 Å². The first-order chi connectivity index (χ1) is 13.3. The summed E-state index contributed by atoms with van der Waals surface area (Å²) in [6, 6.07) is 2.72. The third-order valence-corrected chi connectivity index (χ3v) is 4.88. The molecule has 2 heterocycles. The molecule has 12 heteroatoms. The number of halogens is 4. The van der Waals surface area contributed by atoms with Gasteiger partial charge in [0.2, 0.25) is 5.91 Å². The number of nitrogens with one attached hydrogen (secondary N) is 1. The number of nitrogens with zero attached hydrogens (tertiary/aromatic N) is 5. The van der Waals surface area contributed by atoms with Gasteiger partial charge in [-0.25, -0.2) is 4.98 Å². The van der Waals surface area contributed by atoms with Crippen molar-refractivity contribution in [2.45, 2.75) is 11.3 Å². The highest BCUT2D eigenvalue weighted by Crippen LogP contribution is 2.34. The molecule has 0 saturated heterocycles. The van der Waals surface area contributed by atoms with E-state index in [2.05, 4.69) is 25.5 Å². The fraction of sp³-hybridized carbons (Fsp3) is 0.188. The first-order valence-corrected chi connectivity index (χ1v) is 9.07. The minimum Gasteiger partial charge on any atom is -0.324 e. The van der Waals surface area contributed by atoms with E-state index in [1.54, 1.807) is 11.6 Å². The average Bonchev–Trinajstić information content (AvgIpc) is 3.02.